The van der Waals surface area contributed by atoms with Gasteiger partial charge in [-0.15, -0.1) is 0 Å². The smallest absolute Gasteiger partial charge is 0.380 e. The van der Waals surface area contributed by atoms with Gasteiger partial charge in [-0.1, -0.05) is 0 Å². The van der Waals surface area contributed by atoms with Gasteiger partial charge in [0.15, 0.2) is 0 Å². The van der Waals surface area contributed by atoms with Gasteiger partial charge >= 0.3 is 6.18 Å². The van der Waals surface area contributed by atoms with Crippen molar-refractivity contribution in [3.8, 4) is 0 Å². The number of carbonyl (C=O) groups is 2. The molecule has 2 amide bonds. The van der Waals surface area contributed by atoms with Gasteiger partial charge in [-0.25, -0.2) is 0 Å². The SMILES string of the molecule is O=C(Nc1ccc(C(=O)N2CCCOCC2)cc1)c1cc2cc(C(F)(F)F)ccc2[nH]c1=O. The molecule has 1 aromatic heterocycles. The summed E-state index contributed by atoms with van der Waals surface area (Å²) in [5, 5.41) is 2.62. The normalized spacial score (nSPS) is 14.7. The van der Waals surface area contributed by atoms with Crippen LogP contribution in [0.2, 0.25) is 0 Å². The number of fused-ring (bicyclic) bond motifs is 1. The standard InChI is InChI=1S/C23H20F3N3O4/c24-23(25,26)16-4-7-19-15(12-16)13-18(21(31)28-19)20(30)27-17-5-2-14(3-6-17)22(32)29-8-1-10-33-11-9-29/h2-7,12-13H,1,8-11H2,(H,27,30)(H,28,31). The summed E-state index contributed by atoms with van der Waals surface area (Å²) in [6.07, 6.45) is -3.79. The third kappa shape index (κ3) is 5.06. The molecule has 0 atom stereocenters. The minimum absolute atomic E-state index is 0.0805. The molecule has 0 spiro atoms. The van der Waals surface area contributed by atoms with Crippen LogP contribution in [0.1, 0.15) is 32.7 Å². The van der Waals surface area contributed by atoms with Crippen LogP contribution in [0, 0.1) is 0 Å². The van der Waals surface area contributed by atoms with Crippen LogP contribution in [0.4, 0.5) is 18.9 Å². The maximum Gasteiger partial charge on any atom is 0.416 e. The summed E-state index contributed by atoms with van der Waals surface area (Å²) in [5.74, 6) is -0.927. The van der Waals surface area contributed by atoms with Gasteiger partial charge in [0.25, 0.3) is 17.4 Å². The summed E-state index contributed by atoms with van der Waals surface area (Å²) < 4.78 is 44.3. The second kappa shape index (κ2) is 9.07. The molecule has 0 unspecified atom stereocenters. The Kier molecular flexibility index (Phi) is 6.19. The first-order valence-electron chi connectivity index (χ1n) is 10.2. The van der Waals surface area contributed by atoms with Gasteiger partial charge in [0, 0.05) is 36.5 Å². The number of nitrogens with one attached hydrogen (secondary N) is 2. The molecule has 10 heteroatoms. The summed E-state index contributed by atoms with van der Waals surface area (Å²) in [5.41, 5.74) is -0.977. The first-order valence-corrected chi connectivity index (χ1v) is 10.2. The first-order chi connectivity index (χ1) is 15.7. The van der Waals surface area contributed by atoms with Gasteiger partial charge in [0.1, 0.15) is 5.56 Å². The highest BCUT2D eigenvalue weighted by Gasteiger charge is 2.30. The van der Waals surface area contributed by atoms with Crippen molar-refractivity contribution in [3.05, 3.63) is 75.6 Å². The van der Waals surface area contributed by atoms with Gasteiger partial charge in [-0.2, -0.15) is 13.2 Å². The predicted molar refractivity (Wildman–Crippen MR) is 115 cm³/mol. The highest BCUT2D eigenvalue weighted by Crippen LogP contribution is 2.31. The molecule has 2 heterocycles. The number of aromatic amines is 1. The third-order valence-electron chi connectivity index (χ3n) is 5.32. The molecule has 1 aliphatic heterocycles. The van der Waals surface area contributed by atoms with Crippen molar-refractivity contribution in [1.29, 1.82) is 0 Å². The molecule has 172 valence electrons. The molecule has 1 saturated heterocycles. The first kappa shape index (κ1) is 22.5. The van der Waals surface area contributed by atoms with E-state index in [0.717, 1.165) is 30.7 Å². The Bertz CT molecular complexity index is 1240. The summed E-state index contributed by atoms with van der Waals surface area (Å²) >= 11 is 0. The van der Waals surface area contributed by atoms with Crippen LogP contribution in [0.5, 0.6) is 0 Å². The number of alkyl halides is 3. The number of H-pyrrole nitrogens is 1. The molecule has 1 aliphatic rings. The van der Waals surface area contributed by atoms with Crippen molar-refractivity contribution in [3.63, 3.8) is 0 Å². The molecule has 2 aromatic carbocycles. The highest BCUT2D eigenvalue weighted by molar-refractivity contribution is 6.06. The van der Waals surface area contributed by atoms with E-state index in [4.69, 9.17) is 4.74 Å². The van der Waals surface area contributed by atoms with Gasteiger partial charge in [0.05, 0.1) is 12.2 Å². The number of hydrogen-bond acceptors (Lipinski definition) is 4. The van der Waals surface area contributed by atoms with Gasteiger partial charge in [-0.05, 0) is 60.3 Å². The van der Waals surface area contributed by atoms with E-state index in [0.29, 0.717) is 37.6 Å². The van der Waals surface area contributed by atoms with Crippen molar-refractivity contribution >= 4 is 28.4 Å². The topological polar surface area (TPSA) is 91.5 Å². The number of nitrogens with zero attached hydrogens (tertiary/aromatic N) is 1. The fourth-order valence-corrected chi connectivity index (χ4v) is 3.58. The zero-order chi connectivity index (χ0) is 23.6. The minimum Gasteiger partial charge on any atom is -0.380 e. The molecule has 0 aliphatic carbocycles. The Hall–Kier alpha value is -3.66. The predicted octanol–water partition coefficient (Wildman–Crippen LogP) is 3.66. The molecule has 0 bridgehead atoms. The highest BCUT2D eigenvalue weighted by atomic mass is 19.4. The molecule has 0 radical (unpaired) electrons. The van der Waals surface area contributed by atoms with E-state index in [1.165, 1.54) is 12.1 Å². The lowest BCUT2D eigenvalue weighted by molar-refractivity contribution is -0.137. The number of hydrogen-bond donors (Lipinski definition) is 2. The van der Waals surface area contributed by atoms with E-state index in [1.54, 1.807) is 17.0 Å². The number of anilines is 1. The van der Waals surface area contributed by atoms with Crippen molar-refractivity contribution in [2.75, 3.05) is 31.6 Å². The van der Waals surface area contributed by atoms with Crippen molar-refractivity contribution in [2.24, 2.45) is 0 Å². The van der Waals surface area contributed by atoms with E-state index in [2.05, 4.69) is 10.3 Å². The van der Waals surface area contributed by atoms with Gasteiger partial charge < -0.3 is 19.9 Å². The monoisotopic (exact) mass is 459 g/mol. The summed E-state index contributed by atoms with van der Waals surface area (Å²) in [4.78, 5) is 41.7. The fourth-order valence-electron chi connectivity index (χ4n) is 3.58. The average Bonchev–Trinajstić information content (AvgIpc) is 3.07. The quantitative estimate of drug-likeness (QED) is 0.626. The van der Waals surface area contributed by atoms with E-state index >= 15 is 0 Å². The van der Waals surface area contributed by atoms with Gasteiger partial charge in [0.2, 0.25) is 0 Å². The van der Waals surface area contributed by atoms with Gasteiger partial charge in [-0.3, -0.25) is 14.4 Å². The van der Waals surface area contributed by atoms with Crippen LogP contribution in [0.25, 0.3) is 10.9 Å². The fraction of sp³-hybridized carbons (Fsp3) is 0.261. The summed E-state index contributed by atoms with van der Waals surface area (Å²) in [7, 11) is 0. The van der Waals surface area contributed by atoms with Crippen LogP contribution < -0.4 is 10.9 Å². The molecular formula is C23H20F3N3O4. The molecular weight excluding hydrogens is 439 g/mol. The number of carbonyl (C=O) groups excluding carboxylic acids is 2. The van der Waals surface area contributed by atoms with Crippen LogP contribution in [0.3, 0.4) is 0 Å². The molecule has 0 saturated carbocycles. The number of amides is 2. The lowest BCUT2D eigenvalue weighted by atomic mass is 10.1. The maximum absolute atomic E-state index is 13.0. The molecule has 7 nitrogen and oxygen atoms in total. The lowest BCUT2D eigenvalue weighted by Gasteiger charge is -2.19. The molecule has 33 heavy (non-hydrogen) atoms. The number of pyridine rings is 1. The zero-order valence-electron chi connectivity index (χ0n) is 17.4. The number of aromatic nitrogens is 1. The second-order valence-electron chi connectivity index (χ2n) is 7.60. The van der Waals surface area contributed by atoms with Crippen LogP contribution in [-0.4, -0.2) is 48.0 Å². The van der Waals surface area contributed by atoms with E-state index in [-0.39, 0.29) is 22.4 Å². The summed E-state index contributed by atoms with van der Waals surface area (Å²) in [6, 6.07) is 10.2. The average molecular weight is 459 g/mol. The Morgan fingerprint density at radius 1 is 1.00 bits per heavy atom. The summed E-state index contributed by atoms with van der Waals surface area (Å²) in [6.45, 7) is 2.18. The van der Waals surface area contributed by atoms with Crippen LogP contribution >= 0.6 is 0 Å². The van der Waals surface area contributed by atoms with Crippen LogP contribution in [-0.2, 0) is 10.9 Å². The zero-order valence-corrected chi connectivity index (χ0v) is 17.4. The van der Waals surface area contributed by atoms with Crippen molar-refractivity contribution < 1.29 is 27.5 Å². The van der Waals surface area contributed by atoms with E-state index in [1.807, 2.05) is 0 Å². The Morgan fingerprint density at radius 3 is 2.48 bits per heavy atom. The maximum atomic E-state index is 13.0. The minimum atomic E-state index is -4.55. The third-order valence-corrected chi connectivity index (χ3v) is 5.32. The molecule has 4 rings (SSSR count). The van der Waals surface area contributed by atoms with Crippen LogP contribution in [0.15, 0.2) is 53.3 Å². The lowest BCUT2D eigenvalue weighted by Crippen LogP contribution is -2.33. The van der Waals surface area contributed by atoms with E-state index in [9.17, 15) is 27.6 Å². The Labute approximate surface area is 186 Å². The number of halogens is 3. The second-order valence-corrected chi connectivity index (χ2v) is 7.60. The Balaban J connectivity index is 1.52. The molecule has 3 aromatic rings. The Morgan fingerprint density at radius 2 is 1.76 bits per heavy atom. The van der Waals surface area contributed by atoms with Crippen molar-refractivity contribution in [2.45, 2.75) is 12.6 Å². The number of ether oxygens (including phenoxy) is 1. The largest absolute Gasteiger partial charge is 0.416 e. The molecule has 1 fully saturated rings. The number of benzene rings is 2. The molecule has 2 N–H and O–H groups in total. The van der Waals surface area contributed by atoms with Crippen molar-refractivity contribution in [1.82, 2.24) is 9.88 Å². The number of rotatable bonds is 3. The van der Waals surface area contributed by atoms with E-state index < -0.39 is 23.2 Å².